The Bertz CT molecular complexity index is 929. The molecule has 0 aliphatic carbocycles. The number of nitrogens with zero attached hydrogens (tertiary/aromatic N) is 4. The Balaban J connectivity index is 1.55. The van der Waals surface area contributed by atoms with Crippen molar-refractivity contribution in [2.24, 2.45) is 13.0 Å². The fourth-order valence-electron chi connectivity index (χ4n) is 3.40. The lowest BCUT2D eigenvalue weighted by atomic mass is 9.97. The van der Waals surface area contributed by atoms with Crippen LogP contribution in [0.15, 0.2) is 30.9 Å². The molecule has 0 amide bonds. The Kier molecular flexibility index (Phi) is 4.42. The van der Waals surface area contributed by atoms with E-state index in [9.17, 15) is 4.39 Å². The van der Waals surface area contributed by atoms with Gasteiger partial charge in [-0.1, -0.05) is 0 Å². The minimum atomic E-state index is -0.479. The Labute approximate surface area is 150 Å². The van der Waals surface area contributed by atoms with Gasteiger partial charge in [-0.3, -0.25) is 4.68 Å². The van der Waals surface area contributed by atoms with Crippen molar-refractivity contribution in [3.05, 3.63) is 42.2 Å². The molecule has 0 bridgehead atoms. The van der Waals surface area contributed by atoms with Crippen molar-refractivity contribution in [3.8, 4) is 5.75 Å². The molecule has 1 saturated heterocycles. The van der Waals surface area contributed by atoms with Crippen molar-refractivity contribution in [3.63, 3.8) is 0 Å². The zero-order valence-corrected chi connectivity index (χ0v) is 14.6. The molecule has 3 heterocycles. The average molecular weight is 357 g/mol. The summed E-state index contributed by atoms with van der Waals surface area (Å²) in [7, 11) is 3.32. The number of hydrogen-bond acceptors (Lipinski definition) is 6. The molecule has 1 aliphatic rings. The van der Waals surface area contributed by atoms with Crippen LogP contribution < -0.4 is 10.1 Å². The third-order valence-corrected chi connectivity index (χ3v) is 4.73. The van der Waals surface area contributed by atoms with Crippen LogP contribution in [0, 0.1) is 11.7 Å². The number of fused-ring (bicyclic) bond motifs is 1. The van der Waals surface area contributed by atoms with E-state index in [1.807, 2.05) is 19.4 Å². The van der Waals surface area contributed by atoms with Crippen LogP contribution in [0.3, 0.4) is 0 Å². The second-order valence-corrected chi connectivity index (χ2v) is 6.37. The van der Waals surface area contributed by atoms with E-state index >= 15 is 0 Å². The van der Waals surface area contributed by atoms with Crippen molar-refractivity contribution in [1.82, 2.24) is 19.7 Å². The minimum absolute atomic E-state index is 0.00105. The Hall–Kier alpha value is -2.74. The van der Waals surface area contributed by atoms with E-state index in [-0.39, 0.29) is 23.3 Å². The second kappa shape index (κ2) is 6.87. The molecule has 2 aromatic heterocycles. The van der Waals surface area contributed by atoms with Gasteiger partial charge in [-0.25, -0.2) is 14.4 Å². The fourth-order valence-corrected chi connectivity index (χ4v) is 3.40. The Morgan fingerprint density at radius 1 is 1.38 bits per heavy atom. The van der Waals surface area contributed by atoms with E-state index in [1.165, 1.54) is 13.4 Å². The molecule has 0 radical (unpaired) electrons. The maximum Gasteiger partial charge on any atom is 0.191 e. The highest BCUT2D eigenvalue weighted by molar-refractivity contribution is 5.90. The maximum absolute atomic E-state index is 14.4. The third kappa shape index (κ3) is 2.96. The highest BCUT2D eigenvalue weighted by Crippen LogP contribution is 2.35. The summed E-state index contributed by atoms with van der Waals surface area (Å²) in [6.45, 7) is 1.38. The first-order valence-corrected chi connectivity index (χ1v) is 8.48. The van der Waals surface area contributed by atoms with Crippen molar-refractivity contribution in [1.29, 1.82) is 0 Å². The molecule has 3 aromatic rings. The lowest BCUT2D eigenvalue weighted by Crippen LogP contribution is -2.18. The summed E-state index contributed by atoms with van der Waals surface area (Å²) < 4.78 is 27.1. The molecule has 1 fully saturated rings. The van der Waals surface area contributed by atoms with Crippen molar-refractivity contribution >= 4 is 16.7 Å². The van der Waals surface area contributed by atoms with Gasteiger partial charge in [0.1, 0.15) is 17.7 Å². The molecule has 1 aromatic carbocycles. The van der Waals surface area contributed by atoms with E-state index in [0.717, 1.165) is 12.0 Å². The molecule has 8 heteroatoms. The molecule has 26 heavy (non-hydrogen) atoms. The molecule has 0 spiro atoms. The SMILES string of the molecule is COc1ccc2c(NC[C@@H]3CCO[C@H]3c3cnn(C)c3)ncnc2c1F. The zero-order chi connectivity index (χ0) is 18.1. The van der Waals surface area contributed by atoms with Gasteiger partial charge in [0.15, 0.2) is 11.6 Å². The maximum atomic E-state index is 14.4. The van der Waals surface area contributed by atoms with Crippen molar-refractivity contribution in [2.45, 2.75) is 12.5 Å². The van der Waals surface area contributed by atoms with Gasteiger partial charge in [-0.15, -0.1) is 0 Å². The lowest BCUT2D eigenvalue weighted by molar-refractivity contribution is 0.0932. The van der Waals surface area contributed by atoms with Gasteiger partial charge in [-0.05, 0) is 18.6 Å². The fraction of sp³-hybridized carbons (Fsp3) is 0.389. The van der Waals surface area contributed by atoms with Crippen LogP contribution in [-0.4, -0.2) is 40.0 Å². The van der Waals surface area contributed by atoms with Gasteiger partial charge < -0.3 is 14.8 Å². The number of aryl methyl sites for hydroxylation is 1. The standard InChI is InChI=1S/C18H20FN5O2/c1-24-9-12(8-23-24)17-11(5-6-26-17)7-20-18-13-3-4-14(25-2)15(19)16(13)21-10-22-18/h3-4,8-11,17H,5-7H2,1-2H3,(H,20,21,22)/t11-,17+/m0/s1. The van der Waals surface area contributed by atoms with Crippen molar-refractivity contribution in [2.75, 3.05) is 25.6 Å². The topological polar surface area (TPSA) is 74.1 Å². The number of aromatic nitrogens is 4. The quantitative estimate of drug-likeness (QED) is 0.757. The lowest BCUT2D eigenvalue weighted by Gasteiger charge is -2.18. The van der Waals surface area contributed by atoms with Crippen LogP contribution in [0.5, 0.6) is 5.75 Å². The predicted octanol–water partition coefficient (Wildman–Crippen LogP) is 2.70. The van der Waals surface area contributed by atoms with Gasteiger partial charge >= 0.3 is 0 Å². The van der Waals surface area contributed by atoms with Gasteiger partial charge in [0.2, 0.25) is 0 Å². The first kappa shape index (κ1) is 16.7. The summed E-state index contributed by atoms with van der Waals surface area (Å²) in [4.78, 5) is 8.33. The van der Waals surface area contributed by atoms with Crippen LogP contribution in [0.4, 0.5) is 10.2 Å². The van der Waals surface area contributed by atoms with Crippen molar-refractivity contribution < 1.29 is 13.9 Å². The number of halogens is 1. The van der Waals surface area contributed by atoms with Crippen LogP contribution in [0.2, 0.25) is 0 Å². The number of hydrogen-bond donors (Lipinski definition) is 1. The smallest absolute Gasteiger partial charge is 0.191 e. The second-order valence-electron chi connectivity index (χ2n) is 6.37. The van der Waals surface area contributed by atoms with E-state index in [1.54, 1.807) is 16.8 Å². The molecule has 1 N–H and O–H groups in total. The number of benzene rings is 1. The first-order valence-electron chi connectivity index (χ1n) is 8.48. The number of ether oxygens (including phenoxy) is 2. The molecule has 2 atom stereocenters. The van der Waals surface area contributed by atoms with Gasteiger partial charge in [-0.2, -0.15) is 5.10 Å². The molecule has 0 saturated carbocycles. The van der Waals surface area contributed by atoms with E-state index in [4.69, 9.17) is 9.47 Å². The highest BCUT2D eigenvalue weighted by atomic mass is 19.1. The molecule has 7 nitrogen and oxygen atoms in total. The van der Waals surface area contributed by atoms with Gasteiger partial charge in [0, 0.05) is 43.3 Å². The average Bonchev–Trinajstić information content (AvgIpc) is 3.29. The molecular formula is C18H20FN5O2. The third-order valence-electron chi connectivity index (χ3n) is 4.73. The molecule has 136 valence electrons. The largest absolute Gasteiger partial charge is 0.494 e. The van der Waals surface area contributed by atoms with Crippen LogP contribution in [0.1, 0.15) is 18.1 Å². The Morgan fingerprint density at radius 3 is 3.04 bits per heavy atom. The summed E-state index contributed by atoms with van der Waals surface area (Å²) in [5, 5.41) is 8.19. The number of anilines is 1. The highest BCUT2D eigenvalue weighted by Gasteiger charge is 2.30. The van der Waals surface area contributed by atoms with Gasteiger partial charge in [0.25, 0.3) is 0 Å². The van der Waals surface area contributed by atoms with Crippen LogP contribution in [0.25, 0.3) is 10.9 Å². The van der Waals surface area contributed by atoms with Gasteiger partial charge in [0.05, 0.1) is 19.4 Å². The summed E-state index contributed by atoms with van der Waals surface area (Å²) in [5.41, 5.74) is 1.31. The molecule has 0 unspecified atom stereocenters. The zero-order valence-electron chi connectivity index (χ0n) is 14.6. The van der Waals surface area contributed by atoms with E-state index in [0.29, 0.717) is 24.4 Å². The Morgan fingerprint density at radius 2 is 2.27 bits per heavy atom. The summed E-state index contributed by atoms with van der Waals surface area (Å²) in [5.74, 6) is 0.580. The van der Waals surface area contributed by atoms with Crippen LogP contribution in [-0.2, 0) is 11.8 Å². The molecular weight excluding hydrogens is 337 g/mol. The minimum Gasteiger partial charge on any atom is -0.494 e. The summed E-state index contributed by atoms with van der Waals surface area (Å²) in [6, 6.07) is 3.35. The number of nitrogens with one attached hydrogen (secondary N) is 1. The molecule has 1 aliphatic heterocycles. The number of rotatable bonds is 5. The number of methoxy groups -OCH3 is 1. The van der Waals surface area contributed by atoms with E-state index < -0.39 is 5.82 Å². The monoisotopic (exact) mass is 357 g/mol. The first-order chi connectivity index (χ1) is 12.7. The van der Waals surface area contributed by atoms with E-state index in [2.05, 4.69) is 20.4 Å². The summed E-state index contributed by atoms with van der Waals surface area (Å²) >= 11 is 0. The van der Waals surface area contributed by atoms with Crippen LogP contribution >= 0.6 is 0 Å². The predicted molar refractivity (Wildman–Crippen MR) is 94.5 cm³/mol. The normalized spacial score (nSPS) is 19.8. The molecule has 4 rings (SSSR count). The summed E-state index contributed by atoms with van der Waals surface area (Å²) in [6.07, 6.45) is 6.12.